The predicted molar refractivity (Wildman–Crippen MR) is 89.7 cm³/mol. The van der Waals surface area contributed by atoms with Gasteiger partial charge in [-0.05, 0) is 44.5 Å². The summed E-state index contributed by atoms with van der Waals surface area (Å²) in [5, 5.41) is 6.34. The normalized spacial score (nSPS) is 16.4. The lowest BCUT2D eigenvalue weighted by Gasteiger charge is -2.26. The van der Waals surface area contributed by atoms with Crippen molar-refractivity contribution in [2.24, 2.45) is 4.99 Å². The highest BCUT2D eigenvalue weighted by Crippen LogP contribution is 2.12. The molecule has 0 radical (unpaired) electrons. The number of nitrogens with one attached hydrogen (secondary N) is 2. The topological polar surface area (TPSA) is 39.7 Å². The van der Waals surface area contributed by atoms with Crippen molar-refractivity contribution in [1.29, 1.82) is 0 Å². The van der Waals surface area contributed by atoms with Crippen LogP contribution in [0.1, 0.15) is 24.8 Å². The first kappa shape index (κ1) is 17.7. The molecule has 128 valence electrons. The van der Waals surface area contributed by atoms with Crippen LogP contribution < -0.4 is 10.6 Å². The number of hydrogen-bond acceptors (Lipinski definition) is 2. The smallest absolute Gasteiger partial charge is 0.191 e. The highest BCUT2D eigenvalue weighted by molar-refractivity contribution is 5.79. The fourth-order valence-electron chi connectivity index (χ4n) is 2.81. The number of halogens is 2. The Hall–Kier alpha value is -1.69. The van der Waals surface area contributed by atoms with Crippen LogP contribution in [-0.2, 0) is 6.42 Å². The van der Waals surface area contributed by atoms with Gasteiger partial charge in [0.1, 0.15) is 11.6 Å². The van der Waals surface area contributed by atoms with Crippen LogP contribution in [0.3, 0.4) is 0 Å². The molecule has 2 rings (SSSR count). The van der Waals surface area contributed by atoms with E-state index in [-0.39, 0.29) is 12.0 Å². The lowest BCUT2D eigenvalue weighted by atomic mass is 10.1. The van der Waals surface area contributed by atoms with Crippen LogP contribution in [0.25, 0.3) is 0 Å². The number of rotatable bonds is 6. The molecule has 1 aliphatic heterocycles. The number of nitrogens with zero attached hydrogens (tertiary/aromatic N) is 2. The number of likely N-dealkylation sites (tertiary alicyclic amines) is 1. The Kier molecular flexibility index (Phi) is 7.26. The zero-order valence-electron chi connectivity index (χ0n) is 13.7. The van der Waals surface area contributed by atoms with Gasteiger partial charge in [-0.15, -0.1) is 0 Å². The van der Waals surface area contributed by atoms with Gasteiger partial charge in [0.2, 0.25) is 0 Å². The number of guanidine groups is 1. The second kappa shape index (κ2) is 9.45. The average molecular weight is 324 g/mol. The van der Waals surface area contributed by atoms with Gasteiger partial charge in [0.15, 0.2) is 5.96 Å². The zero-order valence-corrected chi connectivity index (χ0v) is 13.7. The minimum atomic E-state index is -0.500. The molecule has 0 unspecified atom stereocenters. The molecule has 0 aromatic heterocycles. The van der Waals surface area contributed by atoms with Crippen molar-refractivity contribution in [2.45, 2.75) is 25.7 Å². The van der Waals surface area contributed by atoms with Crippen LogP contribution in [0.4, 0.5) is 8.78 Å². The fourth-order valence-corrected chi connectivity index (χ4v) is 2.81. The number of hydrogen-bond donors (Lipinski definition) is 2. The van der Waals surface area contributed by atoms with Crippen molar-refractivity contribution in [2.75, 3.05) is 39.8 Å². The summed E-state index contributed by atoms with van der Waals surface area (Å²) in [6, 6.07) is 3.94. The van der Waals surface area contributed by atoms with Crippen molar-refractivity contribution in [3.8, 4) is 0 Å². The molecular formula is C17H26F2N4. The van der Waals surface area contributed by atoms with Crippen molar-refractivity contribution in [3.63, 3.8) is 0 Å². The summed E-state index contributed by atoms with van der Waals surface area (Å²) >= 11 is 0. The molecule has 0 amide bonds. The van der Waals surface area contributed by atoms with E-state index in [1.807, 2.05) is 0 Å². The molecule has 1 heterocycles. The molecule has 0 bridgehead atoms. The summed E-state index contributed by atoms with van der Waals surface area (Å²) in [7, 11) is 1.69. The summed E-state index contributed by atoms with van der Waals surface area (Å²) in [6.45, 7) is 4.57. The molecule has 2 N–H and O–H groups in total. The Morgan fingerprint density at radius 1 is 1.09 bits per heavy atom. The van der Waals surface area contributed by atoms with Gasteiger partial charge in [-0.1, -0.05) is 12.5 Å². The quantitative estimate of drug-likeness (QED) is 0.622. The Bertz CT molecular complexity index is 493. The van der Waals surface area contributed by atoms with Gasteiger partial charge in [-0.25, -0.2) is 8.78 Å². The fraction of sp³-hybridized carbons (Fsp3) is 0.588. The molecular weight excluding hydrogens is 298 g/mol. The van der Waals surface area contributed by atoms with E-state index in [2.05, 4.69) is 20.5 Å². The second-order valence-corrected chi connectivity index (χ2v) is 5.78. The molecule has 1 aromatic rings. The Labute approximate surface area is 137 Å². The van der Waals surface area contributed by atoms with Gasteiger partial charge in [0.05, 0.1) is 0 Å². The average Bonchev–Trinajstić information content (AvgIpc) is 2.57. The van der Waals surface area contributed by atoms with Crippen molar-refractivity contribution in [3.05, 3.63) is 35.4 Å². The van der Waals surface area contributed by atoms with Crippen molar-refractivity contribution >= 4 is 5.96 Å². The number of aliphatic imine (C=N–C) groups is 1. The lowest BCUT2D eigenvalue weighted by molar-refractivity contribution is 0.232. The van der Waals surface area contributed by atoms with Gasteiger partial charge in [-0.3, -0.25) is 4.99 Å². The van der Waals surface area contributed by atoms with Crippen LogP contribution in [0.15, 0.2) is 23.2 Å². The maximum atomic E-state index is 13.5. The van der Waals surface area contributed by atoms with Crippen molar-refractivity contribution in [1.82, 2.24) is 15.5 Å². The third kappa shape index (κ3) is 5.78. The number of benzene rings is 1. The molecule has 1 fully saturated rings. The first-order valence-corrected chi connectivity index (χ1v) is 8.30. The van der Waals surface area contributed by atoms with Gasteiger partial charge < -0.3 is 15.5 Å². The Morgan fingerprint density at radius 2 is 1.74 bits per heavy atom. The molecule has 23 heavy (non-hydrogen) atoms. The SMILES string of the molecule is CN=C(NCCc1c(F)cccc1F)NCCN1CCCCC1. The first-order valence-electron chi connectivity index (χ1n) is 8.30. The van der Waals surface area contributed by atoms with E-state index in [1.165, 1.54) is 50.6 Å². The van der Waals surface area contributed by atoms with Gasteiger partial charge >= 0.3 is 0 Å². The van der Waals surface area contributed by atoms with Crippen molar-refractivity contribution < 1.29 is 8.78 Å². The van der Waals surface area contributed by atoms with Crippen LogP contribution in [0.2, 0.25) is 0 Å². The minimum Gasteiger partial charge on any atom is -0.356 e. The van der Waals surface area contributed by atoms with E-state index in [1.54, 1.807) is 7.05 Å². The maximum Gasteiger partial charge on any atom is 0.191 e. The third-order valence-electron chi connectivity index (χ3n) is 4.12. The molecule has 1 aliphatic rings. The molecule has 0 aliphatic carbocycles. The largest absolute Gasteiger partial charge is 0.356 e. The van der Waals surface area contributed by atoms with E-state index >= 15 is 0 Å². The van der Waals surface area contributed by atoms with E-state index in [9.17, 15) is 8.78 Å². The summed E-state index contributed by atoms with van der Waals surface area (Å²) in [5.74, 6) is -0.335. The summed E-state index contributed by atoms with van der Waals surface area (Å²) < 4.78 is 27.1. The van der Waals surface area contributed by atoms with Crippen LogP contribution in [0, 0.1) is 11.6 Å². The molecule has 0 saturated carbocycles. The first-order chi connectivity index (χ1) is 11.2. The van der Waals surface area contributed by atoms with Gasteiger partial charge in [-0.2, -0.15) is 0 Å². The maximum absolute atomic E-state index is 13.5. The second-order valence-electron chi connectivity index (χ2n) is 5.78. The van der Waals surface area contributed by atoms with E-state index in [4.69, 9.17) is 0 Å². The monoisotopic (exact) mass is 324 g/mol. The Balaban J connectivity index is 1.68. The van der Waals surface area contributed by atoms with Crippen LogP contribution in [0.5, 0.6) is 0 Å². The molecule has 1 aromatic carbocycles. The molecule has 1 saturated heterocycles. The lowest BCUT2D eigenvalue weighted by Crippen LogP contribution is -2.43. The van der Waals surface area contributed by atoms with Gasteiger partial charge in [0.25, 0.3) is 0 Å². The molecule has 0 spiro atoms. The standard InChI is InChI=1S/C17H26F2N4/c1-20-17(22-10-13-23-11-3-2-4-12-23)21-9-8-14-15(18)6-5-7-16(14)19/h5-7H,2-4,8-13H2,1H3,(H2,20,21,22). The zero-order chi connectivity index (χ0) is 16.5. The van der Waals surface area contributed by atoms with E-state index < -0.39 is 11.6 Å². The molecule has 4 nitrogen and oxygen atoms in total. The minimum absolute atomic E-state index is 0.115. The molecule has 6 heteroatoms. The highest BCUT2D eigenvalue weighted by atomic mass is 19.1. The predicted octanol–water partition coefficient (Wildman–Crippen LogP) is 2.16. The highest BCUT2D eigenvalue weighted by Gasteiger charge is 2.10. The molecule has 0 atom stereocenters. The van der Waals surface area contributed by atoms with Crippen LogP contribution in [-0.4, -0.2) is 50.6 Å². The van der Waals surface area contributed by atoms with Gasteiger partial charge in [0, 0.05) is 32.2 Å². The summed E-state index contributed by atoms with van der Waals surface area (Å²) in [4.78, 5) is 6.58. The summed E-state index contributed by atoms with van der Waals surface area (Å²) in [6.07, 6.45) is 4.17. The van der Waals surface area contributed by atoms with E-state index in [0.717, 1.165) is 13.1 Å². The number of piperidine rings is 1. The van der Waals surface area contributed by atoms with E-state index in [0.29, 0.717) is 12.5 Å². The third-order valence-corrected chi connectivity index (χ3v) is 4.12. The summed E-state index contributed by atoms with van der Waals surface area (Å²) in [5.41, 5.74) is 0.115. The Morgan fingerprint density at radius 3 is 2.39 bits per heavy atom. The van der Waals surface area contributed by atoms with Crippen LogP contribution >= 0.6 is 0 Å².